The van der Waals surface area contributed by atoms with Crippen molar-refractivity contribution in [1.29, 1.82) is 0 Å². The first kappa shape index (κ1) is 24.5. The Morgan fingerprint density at radius 1 is 1.09 bits per heavy atom. The predicted molar refractivity (Wildman–Crippen MR) is 124 cm³/mol. The minimum Gasteiger partial charge on any atom is -0.383 e. The Morgan fingerprint density at radius 2 is 1.75 bits per heavy atom. The van der Waals surface area contributed by atoms with Gasteiger partial charge in [-0.05, 0) is 25.2 Å². The second-order valence-electron chi connectivity index (χ2n) is 9.37. The number of amides is 2. The molecule has 1 saturated carbocycles. The Labute approximate surface area is 190 Å². The minimum atomic E-state index is -0.465. The molecule has 0 aromatic carbocycles. The lowest BCUT2D eigenvalue weighted by Crippen LogP contribution is -2.50. The highest BCUT2D eigenvalue weighted by Gasteiger charge is 2.28. The van der Waals surface area contributed by atoms with Crippen molar-refractivity contribution in [2.24, 2.45) is 5.92 Å². The van der Waals surface area contributed by atoms with Gasteiger partial charge in [0, 0.05) is 64.8 Å². The summed E-state index contributed by atoms with van der Waals surface area (Å²) in [6.45, 7) is 8.82. The van der Waals surface area contributed by atoms with Crippen LogP contribution in [0, 0.1) is 5.92 Å². The molecule has 2 heterocycles. The number of carbonyl (C=O) groups excluding carboxylic acids is 2. The van der Waals surface area contributed by atoms with Crippen molar-refractivity contribution in [1.82, 2.24) is 19.7 Å². The fourth-order valence-electron chi connectivity index (χ4n) is 4.46. The first-order chi connectivity index (χ1) is 15.4. The summed E-state index contributed by atoms with van der Waals surface area (Å²) < 4.78 is 7.08. The lowest BCUT2D eigenvalue weighted by atomic mass is 10.1. The third-order valence-corrected chi connectivity index (χ3v) is 6.55. The van der Waals surface area contributed by atoms with Gasteiger partial charge in [-0.25, -0.2) is 0 Å². The molecule has 8 nitrogen and oxygen atoms in total. The Hall–Kier alpha value is -2.19. The molecule has 0 unspecified atom stereocenters. The summed E-state index contributed by atoms with van der Waals surface area (Å²) in [6.07, 6.45) is 8.44. The molecule has 8 heteroatoms. The van der Waals surface area contributed by atoms with E-state index in [1.807, 2.05) is 4.57 Å². The standard InChI is InChI=1S/C24H38N4O4/c1-18(2)8-9-25-23(30)20-16-28(19-6-4-5-7-19)17-21(22(20)29)24(31)27-12-10-26(11-13-27)14-15-32-3/h16-19H,4-15H2,1-3H3,(H,25,30). The fourth-order valence-corrected chi connectivity index (χ4v) is 4.46. The Morgan fingerprint density at radius 3 is 2.38 bits per heavy atom. The highest BCUT2D eigenvalue weighted by Crippen LogP contribution is 2.29. The van der Waals surface area contributed by atoms with Crippen LogP contribution in [0.15, 0.2) is 17.2 Å². The number of nitrogens with one attached hydrogen (secondary N) is 1. The molecule has 178 valence electrons. The van der Waals surface area contributed by atoms with E-state index in [2.05, 4.69) is 24.1 Å². The molecule has 0 bridgehead atoms. The number of piperazine rings is 1. The van der Waals surface area contributed by atoms with Gasteiger partial charge in [0.15, 0.2) is 0 Å². The number of methoxy groups -OCH3 is 1. The third kappa shape index (κ3) is 6.19. The molecule has 1 saturated heterocycles. The summed E-state index contributed by atoms with van der Waals surface area (Å²) in [6, 6.07) is 0.232. The monoisotopic (exact) mass is 446 g/mol. The van der Waals surface area contributed by atoms with Crippen LogP contribution in [0.1, 0.15) is 72.7 Å². The smallest absolute Gasteiger partial charge is 0.259 e. The third-order valence-electron chi connectivity index (χ3n) is 6.55. The van der Waals surface area contributed by atoms with Crippen molar-refractivity contribution in [3.63, 3.8) is 0 Å². The lowest BCUT2D eigenvalue weighted by molar-refractivity contribution is 0.0592. The van der Waals surface area contributed by atoms with Gasteiger partial charge in [-0.1, -0.05) is 26.7 Å². The Kier molecular flexibility index (Phi) is 8.87. The molecular weight excluding hydrogens is 408 g/mol. The second kappa shape index (κ2) is 11.6. The molecule has 0 atom stereocenters. The number of carbonyl (C=O) groups is 2. The van der Waals surface area contributed by atoms with Crippen LogP contribution in [0.5, 0.6) is 0 Å². The molecule has 1 aliphatic carbocycles. The molecule has 2 aliphatic rings. The zero-order valence-corrected chi connectivity index (χ0v) is 19.8. The number of hydrogen-bond acceptors (Lipinski definition) is 5. The first-order valence-electron chi connectivity index (χ1n) is 11.9. The number of pyridine rings is 1. The van der Waals surface area contributed by atoms with E-state index in [0.717, 1.165) is 51.7 Å². The molecule has 0 radical (unpaired) electrons. The maximum Gasteiger partial charge on any atom is 0.259 e. The van der Waals surface area contributed by atoms with Crippen molar-refractivity contribution < 1.29 is 14.3 Å². The van der Waals surface area contributed by atoms with Gasteiger partial charge in [0.25, 0.3) is 11.8 Å². The molecule has 1 N–H and O–H groups in total. The van der Waals surface area contributed by atoms with Gasteiger partial charge < -0.3 is 19.5 Å². The Balaban J connectivity index is 1.81. The van der Waals surface area contributed by atoms with Crippen LogP contribution in [0.25, 0.3) is 0 Å². The highest BCUT2D eigenvalue weighted by molar-refractivity contribution is 5.99. The molecule has 1 aliphatic heterocycles. The quantitative estimate of drug-likeness (QED) is 0.628. The topological polar surface area (TPSA) is 83.9 Å². The zero-order chi connectivity index (χ0) is 23.1. The molecule has 2 fully saturated rings. The summed E-state index contributed by atoms with van der Waals surface area (Å²) in [5, 5.41) is 2.86. The molecule has 0 spiro atoms. The molecule has 1 aromatic rings. The van der Waals surface area contributed by atoms with E-state index in [1.54, 1.807) is 24.4 Å². The van der Waals surface area contributed by atoms with Gasteiger partial charge in [-0.15, -0.1) is 0 Å². The summed E-state index contributed by atoms with van der Waals surface area (Å²) in [5.74, 6) is -0.202. The Bertz CT molecular complexity index is 837. The van der Waals surface area contributed by atoms with Gasteiger partial charge in [0.2, 0.25) is 5.43 Å². The van der Waals surface area contributed by atoms with Crippen molar-refractivity contribution in [3.05, 3.63) is 33.7 Å². The van der Waals surface area contributed by atoms with E-state index >= 15 is 0 Å². The van der Waals surface area contributed by atoms with Gasteiger partial charge in [0.1, 0.15) is 11.1 Å². The van der Waals surface area contributed by atoms with E-state index in [1.165, 1.54) is 0 Å². The lowest BCUT2D eigenvalue weighted by Gasteiger charge is -2.34. The van der Waals surface area contributed by atoms with Gasteiger partial charge in [-0.3, -0.25) is 19.3 Å². The van der Waals surface area contributed by atoms with Gasteiger partial charge >= 0.3 is 0 Å². The van der Waals surface area contributed by atoms with Gasteiger partial charge in [-0.2, -0.15) is 0 Å². The van der Waals surface area contributed by atoms with E-state index in [-0.39, 0.29) is 29.0 Å². The van der Waals surface area contributed by atoms with Crippen LogP contribution in [-0.2, 0) is 4.74 Å². The van der Waals surface area contributed by atoms with Crippen molar-refractivity contribution in [2.75, 3.05) is 53.0 Å². The molecule has 32 heavy (non-hydrogen) atoms. The normalized spacial score (nSPS) is 17.8. The first-order valence-corrected chi connectivity index (χ1v) is 11.9. The van der Waals surface area contributed by atoms with E-state index in [9.17, 15) is 14.4 Å². The van der Waals surface area contributed by atoms with Gasteiger partial charge in [0.05, 0.1) is 6.61 Å². The zero-order valence-electron chi connectivity index (χ0n) is 19.8. The minimum absolute atomic E-state index is 0.0743. The molecule has 3 rings (SSSR count). The highest BCUT2D eigenvalue weighted by atomic mass is 16.5. The van der Waals surface area contributed by atoms with E-state index in [0.29, 0.717) is 32.2 Å². The summed E-state index contributed by atoms with van der Waals surface area (Å²) in [5.41, 5.74) is -0.280. The van der Waals surface area contributed by atoms with Crippen LogP contribution in [0.2, 0.25) is 0 Å². The van der Waals surface area contributed by atoms with E-state index < -0.39 is 5.43 Å². The SMILES string of the molecule is COCCN1CCN(C(=O)c2cn(C3CCCC3)cc(C(=O)NCCC(C)C)c2=O)CC1. The van der Waals surface area contributed by atoms with Crippen LogP contribution >= 0.6 is 0 Å². The van der Waals surface area contributed by atoms with Crippen LogP contribution < -0.4 is 10.7 Å². The maximum atomic E-state index is 13.3. The second-order valence-corrected chi connectivity index (χ2v) is 9.37. The number of rotatable bonds is 9. The van der Waals surface area contributed by atoms with Crippen LogP contribution in [-0.4, -0.2) is 79.2 Å². The summed E-state index contributed by atoms with van der Waals surface area (Å²) >= 11 is 0. The molecule has 1 aromatic heterocycles. The molecule has 2 amide bonds. The number of nitrogens with zero attached hydrogens (tertiary/aromatic N) is 3. The number of ether oxygens (including phenoxy) is 1. The van der Waals surface area contributed by atoms with Crippen LogP contribution in [0.4, 0.5) is 0 Å². The predicted octanol–water partition coefficient (Wildman–Crippen LogP) is 2.14. The van der Waals surface area contributed by atoms with Crippen molar-refractivity contribution >= 4 is 11.8 Å². The number of aromatic nitrogens is 1. The fraction of sp³-hybridized carbons (Fsp3) is 0.708. The summed E-state index contributed by atoms with van der Waals surface area (Å²) in [7, 11) is 1.68. The molecular formula is C24H38N4O4. The largest absolute Gasteiger partial charge is 0.383 e. The van der Waals surface area contributed by atoms with Crippen molar-refractivity contribution in [3.8, 4) is 0 Å². The average molecular weight is 447 g/mol. The maximum absolute atomic E-state index is 13.3. The van der Waals surface area contributed by atoms with E-state index in [4.69, 9.17) is 4.74 Å². The van der Waals surface area contributed by atoms with Crippen molar-refractivity contribution in [2.45, 2.75) is 52.0 Å². The van der Waals surface area contributed by atoms with Crippen LogP contribution in [0.3, 0.4) is 0 Å². The summed E-state index contributed by atoms with van der Waals surface area (Å²) in [4.78, 5) is 43.4. The number of hydrogen-bond donors (Lipinski definition) is 1. The average Bonchev–Trinajstić information content (AvgIpc) is 3.32.